The fourth-order valence-electron chi connectivity index (χ4n) is 1.94. The van der Waals surface area contributed by atoms with E-state index in [9.17, 15) is 0 Å². The molecule has 1 aromatic rings. The van der Waals surface area contributed by atoms with Gasteiger partial charge in [0.2, 0.25) is 0 Å². The molecule has 66 valence electrons. The predicted octanol–water partition coefficient (Wildman–Crippen LogP) is 1.83. The number of rotatable bonds is 2. The quantitative estimate of drug-likeness (QED) is 0.758. The Morgan fingerprint density at radius 2 is 2.42 bits per heavy atom. The summed E-state index contributed by atoms with van der Waals surface area (Å²) in [6.45, 7) is 2.87. The van der Waals surface area contributed by atoms with Gasteiger partial charge in [0, 0.05) is 16.8 Å². The van der Waals surface area contributed by atoms with Gasteiger partial charge < -0.3 is 5.73 Å². The Morgan fingerprint density at radius 3 is 2.75 bits per heavy atom. The van der Waals surface area contributed by atoms with E-state index in [0.717, 1.165) is 6.54 Å². The standard InChI is InChI=1S/C9H14N2S/c1-7-8(12-6-11-7)9(5-10)3-2-4-9/h6H,2-5,10H2,1H3. The second-order valence-corrected chi connectivity index (χ2v) is 4.46. The minimum Gasteiger partial charge on any atom is -0.330 e. The second-order valence-electron chi connectivity index (χ2n) is 3.60. The first-order valence-corrected chi connectivity index (χ1v) is 5.27. The van der Waals surface area contributed by atoms with Gasteiger partial charge in [-0.15, -0.1) is 11.3 Å². The largest absolute Gasteiger partial charge is 0.330 e. The maximum absolute atomic E-state index is 5.81. The van der Waals surface area contributed by atoms with Crippen molar-refractivity contribution in [3.05, 3.63) is 16.1 Å². The number of thiazole rings is 1. The molecule has 0 aliphatic heterocycles. The summed E-state index contributed by atoms with van der Waals surface area (Å²) in [6, 6.07) is 0. The van der Waals surface area contributed by atoms with Crippen LogP contribution in [0.25, 0.3) is 0 Å². The van der Waals surface area contributed by atoms with Crippen LogP contribution in [0, 0.1) is 6.92 Å². The molecule has 1 heterocycles. The van der Waals surface area contributed by atoms with Gasteiger partial charge in [-0.25, -0.2) is 4.98 Å². The first-order valence-electron chi connectivity index (χ1n) is 4.39. The van der Waals surface area contributed by atoms with Crippen molar-refractivity contribution in [3.63, 3.8) is 0 Å². The fraction of sp³-hybridized carbons (Fsp3) is 0.667. The normalized spacial score (nSPS) is 20.5. The van der Waals surface area contributed by atoms with Gasteiger partial charge in [0.15, 0.2) is 0 Å². The zero-order chi connectivity index (χ0) is 8.60. The molecule has 2 nitrogen and oxygen atoms in total. The van der Waals surface area contributed by atoms with Crippen molar-refractivity contribution < 1.29 is 0 Å². The maximum Gasteiger partial charge on any atom is 0.0797 e. The van der Waals surface area contributed by atoms with Crippen LogP contribution in [0.4, 0.5) is 0 Å². The van der Waals surface area contributed by atoms with E-state index in [-0.39, 0.29) is 0 Å². The average molecular weight is 182 g/mol. The monoisotopic (exact) mass is 182 g/mol. The van der Waals surface area contributed by atoms with Crippen LogP contribution in [0.2, 0.25) is 0 Å². The van der Waals surface area contributed by atoms with Crippen LogP contribution < -0.4 is 5.73 Å². The van der Waals surface area contributed by atoms with E-state index in [0.29, 0.717) is 5.41 Å². The van der Waals surface area contributed by atoms with Crippen molar-refractivity contribution in [2.45, 2.75) is 31.6 Å². The van der Waals surface area contributed by atoms with Gasteiger partial charge in [-0.3, -0.25) is 0 Å². The van der Waals surface area contributed by atoms with E-state index < -0.39 is 0 Å². The summed E-state index contributed by atoms with van der Waals surface area (Å²) in [4.78, 5) is 5.70. The molecule has 2 rings (SSSR count). The van der Waals surface area contributed by atoms with Crippen LogP contribution in [0.15, 0.2) is 5.51 Å². The molecular weight excluding hydrogens is 168 g/mol. The lowest BCUT2D eigenvalue weighted by Crippen LogP contribution is -2.41. The highest BCUT2D eigenvalue weighted by Crippen LogP contribution is 2.45. The van der Waals surface area contributed by atoms with Crippen LogP contribution >= 0.6 is 11.3 Å². The van der Waals surface area contributed by atoms with Crippen LogP contribution in [-0.4, -0.2) is 11.5 Å². The molecule has 0 radical (unpaired) electrons. The Bertz CT molecular complexity index is 270. The lowest BCUT2D eigenvalue weighted by molar-refractivity contribution is 0.257. The highest BCUT2D eigenvalue weighted by atomic mass is 32.1. The number of hydrogen-bond acceptors (Lipinski definition) is 3. The Morgan fingerprint density at radius 1 is 1.67 bits per heavy atom. The smallest absolute Gasteiger partial charge is 0.0797 e. The number of aromatic nitrogens is 1. The van der Waals surface area contributed by atoms with Gasteiger partial charge in [0.1, 0.15) is 0 Å². The van der Waals surface area contributed by atoms with Gasteiger partial charge in [0.05, 0.1) is 11.2 Å². The molecule has 1 saturated carbocycles. The van der Waals surface area contributed by atoms with Crippen LogP contribution in [0.1, 0.15) is 29.8 Å². The highest BCUT2D eigenvalue weighted by molar-refractivity contribution is 7.09. The van der Waals surface area contributed by atoms with Gasteiger partial charge in [0.25, 0.3) is 0 Å². The molecule has 1 fully saturated rings. The van der Waals surface area contributed by atoms with Crippen LogP contribution in [0.5, 0.6) is 0 Å². The van der Waals surface area contributed by atoms with Gasteiger partial charge in [-0.05, 0) is 19.8 Å². The summed E-state index contributed by atoms with van der Waals surface area (Å²) in [5.74, 6) is 0. The molecule has 0 saturated heterocycles. The predicted molar refractivity (Wildman–Crippen MR) is 51.4 cm³/mol. The molecule has 3 heteroatoms. The van der Waals surface area contributed by atoms with Crippen molar-refractivity contribution in [2.24, 2.45) is 5.73 Å². The SMILES string of the molecule is Cc1ncsc1C1(CN)CCC1. The molecule has 1 aromatic heterocycles. The first-order chi connectivity index (χ1) is 5.78. The minimum atomic E-state index is 0.311. The molecule has 0 spiro atoms. The van der Waals surface area contributed by atoms with Crippen molar-refractivity contribution in [2.75, 3.05) is 6.54 Å². The summed E-state index contributed by atoms with van der Waals surface area (Å²) in [7, 11) is 0. The van der Waals surface area contributed by atoms with E-state index in [2.05, 4.69) is 11.9 Å². The summed E-state index contributed by atoms with van der Waals surface area (Å²) in [6.07, 6.45) is 3.84. The molecule has 12 heavy (non-hydrogen) atoms. The summed E-state index contributed by atoms with van der Waals surface area (Å²) >= 11 is 1.77. The zero-order valence-corrected chi connectivity index (χ0v) is 8.16. The maximum atomic E-state index is 5.81. The summed E-state index contributed by atoms with van der Waals surface area (Å²) in [5, 5.41) is 0. The van der Waals surface area contributed by atoms with E-state index in [1.54, 1.807) is 11.3 Å². The Balaban J connectivity index is 2.33. The van der Waals surface area contributed by atoms with Crippen molar-refractivity contribution in [1.82, 2.24) is 4.98 Å². The van der Waals surface area contributed by atoms with E-state index >= 15 is 0 Å². The summed E-state index contributed by atoms with van der Waals surface area (Å²) in [5.41, 5.74) is 9.23. The van der Waals surface area contributed by atoms with Crippen molar-refractivity contribution in [3.8, 4) is 0 Å². The van der Waals surface area contributed by atoms with Gasteiger partial charge >= 0.3 is 0 Å². The van der Waals surface area contributed by atoms with Crippen molar-refractivity contribution >= 4 is 11.3 Å². The number of nitrogens with zero attached hydrogens (tertiary/aromatic N) is 1. The number of aryl methyl sites for hydroxylation is 1. The number of hydrogen-bond donors (Lipinski definition) is 1. The molecule has 1 aliphatic rings. The van der Waals surface area contributed by atoms with E-state index in [1.807, 2.05) is 5.51 Å². The van der Waals surface area contributed by atoms with Gasteiger partial charge in [-0.1, -0.05) is 6.42 Å². The average Bonchev–Trinajstić information content (AvgIpc) is 2.36. The second kappa shape index (κ2) is 2.82. The molecule has 0 amide bonds. The fourth-order valence-corrected chi connectivity index (χ4v) is 3.02. The third-order valence-corrected chi connectivity index (χ3v) is 4.10. The number of nitrogens with two attached hydrogens (primary N) is 1. The highest BCUT2D eigenvalue weighted by Gasteiger charge is 2.39. The third-order valence-electron chi connectivity index (χ3n) is 2.93. The van der Waals surface area contributed by atoms with Crippen LogP contribution in [-0.2, 0) is 5.41 Å². The summed E-state index contributed by atoms with van der Waals surface area (Å²) < 4.78 is 0. The molecule has 2 N–H and O–H groups in total. The van der Waals surface area contributed by atoms with E-state index in [4.69, 9.17) is 5.73 Å². The van der Waals surface area contributed by atoms with Crippen LogP contribution in [0.3, 0.4) is 0 Å². The Labute approximate surface area is 76.8 Å². The Kier molecular flexibility index (Phi) is 1.93. The topological polar surface area (TPSA) is 38.9 Å². The molecule has 1 aliphatic carbocycles. The Hall–Kier alpha value is -0.410. The lowest BCUT2D eigenvalue weighted by atomic mass is 9.67. The molecule has 0 aromatic carbocycles. The van der Waals surface area contributed by atoms with Crippen molar-refractivity contribution in [1.29, 1.82) is 0 Å². The lowest BCUT2D eigenvalue weighted by Gasteiger charge is -2.40. The molecule has 0 atom stereocenters. The molecule has 0 bridgehead atoms. The first kappa shape index (κ1) is 8.20. The zero-order valence-electron chi connectivity index (χ0n) is 7.34. The van der Waals surface area contributed by atoms with Gasteiger partial charge in [-0.2, -0.15) is 0 Å². The molecular formula is C9H14N2S. The van der Waals surface area contributed by atoms with E-state index in [1.165, 1.54) is 29.8 Å². The molecule has 0 unspecified atom stereocenters. The minimum absolute atomic E-state index is 0.311. The third kappa shape index (κ3) is 1.00.